The molecule has 0 spiro atoms. The van der Waals surface area contributed by atoms with Crippen LogP contribution in [-0.4, -0.2) is 0 Å². The van der Waals surface area contributed by atoms with Gasteiger partial charge in [-0.15, -0.1) is 0 Å². The van der Waals surface area contributed by atoms with Crippen molar-refractivity contribution in [2.45, 2.75) is 45.1 Å². The molecule has 19 heavy (non-hydrogen) atoms. The highest BCUT2D eigenvalue weighted by Crippen LogP contribution is 2.40. The summed E-state index contributed by atoms with van der Waals surface area (Å²) in [6.45, 7) is 2.23. The van der Waals surface area contributed by atoms with E-state index in [9.17, 15) is 4.39 Å². The number of nitrogens with two attached hydrogens (primary N) is 1. The van der Waals surface area contributed by atoms with Gasteiger partial charge in [-0.2, -0.15) is 0 Å². The van der Waals surface area contributed by atoms with Crippen LogP contribution in [0.2, 0.25) is 0 Å². The maximum Gasteiger partial charge on any atom is 0.137 e. The van der Waals surface area contributed by atoms with Gasteiger partial charge in [-0.25, -0.2) is 4.39 Å². The first-order valence-corrected chi connectivity index (χ1v) is 7.87. The lowest BCUT2D eigenvalue weighted by atomic mass is 9.72. The Bertz CT molecular complexity index is 425. The highest BCUT2D eigenvalue weighted by molar-refractivity contribution is 9.10. The van der Waals surface area contributed by atoms with Gasteiger partial charge in [-0.05, 0) is 51.9 Å². The van der Waals surface area contributed by atoms with E-state index in [1.165, 1.54) is 32.1 Å². The predicted molar refractivity (Wildman–Crippen MR) is 79.9 cm³/mol. The third kappa shape index (κ3) is 3.36. The van der Waals surface area contributed by atoms with Gasteiger partial charge in [0.2, 0.25) is 0 Å². The normalized spacial score (nSPS) is 25.3. The molecule has 0 aromatic heterocycles. The molecule has 1 saturated carbocycles. The molecule has 0 heterocycles. The van der Waals surface area contributed by atoms with Crippen LogP contribution in [-0.2, 0) is 0 Å². The lowest BCUT2D eigenvalue weighted by molar-refractivity contribution is 0.176. The molecule has 3 atom stereocenters. The molecule has 2 nitrogen and oxygen atoms in total. The second-order valence-electron chi connectivity index (χ2n) is 5.43. The fourth-order valence-corrected chi connectivity index (χ4v) is 3.60. The molecule has 1 aromatic rings. The Kier molecular flexibility index (Phi) is 5.37. The molecule has 4 heteroatoms. The van der Waals surface area contributed by atoms with Crippen LogP contribution in [0.25, 0.3) is 0 Å². The van der Waals surface area contributed by atoms with Crippen LogP contribution in [0.1, 0.15) is 50.6 Å². The second-order valence-corrected chi connectivity index (χ2v) is 6.29. The van der Waals surface area contributed by atoms with Gasteiger partial charge in [-0.3, -0.25) is 11.3 Å². The SMILES string of the molecule is CCC1CCCCC1C(NN)c1ccc(Br)c(F)c1. The fraction of sp³-hybridized carbons (Fsp3) is 0.600. The summed E-state index contributed by atoms with van der Waals surface area (Å²) in [7, 11) is 0. The predicted octanol–water partition coefficient (Wildman–Crippen LogP) is 4.31. The van der Waals surface area contributed by atoms with E-state index in [0.717, 1.165) is 5.56 Å². The quantitative estimate of drug-likeness (QED) is 0.638. The zero-order valence-electron chi connectivity index (χ0n) is 11.3. The largest absolute Gasteiger partial charge is 0.271 e. The zero-order valence-corrected chi connectivity index (χ0v) is 12.9. The minimum atomic E-state index is -0.221. The molecule has 0 aliphatic heterocycles. The summed E-state index contributed by atoms with van der Waals surface area (Å²) < 4.78 is 14.2. The topological polar surface area (TPSA) is 38.0 Å². The maximum atomic E-state index is 13.7. The number of rotatable bonds is 4. The van der Waals surface area contributed by atoms with Crippen molar-refractivity contribution in [3.8, 4) is 0 Å². The van der Waals surface area contributed by atoms with Crippen LogP contribution in [0, 0.1) is 17.7 Å². The van der Waals surface area contributed by atoms with Crippen molar-refractivity contribution in [3.63, 3.8) is 0 Å². The summed E-state index contributed by atoms with van der Waals surface area (Å²) in [6.07, 6.45) is 6.16. The van der Waals surface area contributed by atoms with Crippen LogP contribution >= 0.6 is 15.9 Å². The summed E-state index contributed by atoms with van der Waals surface area (Å²) in [4.78, 5) is 0. The van der Waals surface area contributed by atoms with Gasteiger partial charge in [0, 0.05) is 6.04 Å². The maximum absolute atomic E-state index is 13.7. The Morgan fingerprint density at radius 2 is 2.16 bits per heavy atom. The van der Waals surface area contributed by atoms with Gasteiger partial charge in [-0.1, -0.05) is 38.7 Å². The minimum Gasteiger partial charge on any atom is -0.271 e. The summed E-state index contributed by atoms with van der Waals surface area (Å²) in [5, 5.41) is 0. The van der Waals surface area contributed by atoms with Gasteiger partial charge >= 0.3 is 0 Å². The number of hydrogen-bond donors (Lipinski definition) is 2. The number of halogens is 2. The van der Waals surface area contributed by atoms with E-state index in [1.54, 1.807) is 12.1 Å². The van der Waals surface area contributed by atoms with Crippen LogP contribution in [0.4, 0.5) is 4.39 Å². The number of hydrogen-bond acceptors (Lipinski definition) is 2. The van der Waals surface area contributed by atoms with Crippen LogP contribution < -0.4 is 11.3 Å². The molecule has 0 amide bonds. The van der Waals surface area contributed by atoms with Crippen molar-refractivity contribution >= 4 is 15.9 Å². The van der Waals surface area contributed by atoms with Crippen molar-refractivity contribution in [1.29, 1.82) is 0 Å². The fourth-order valence-electron chi connectivity index (χ4n) is 3.35. The van der Waals surface area contributed by atoms with E-state index in [-0.39, 0.29) is 11.9 Å². The standard InChI is InChI=1S/C15H22BrFN2/c1-2-10-5-3-4-6-12(10)15(19-18)11-7-8-13(16)14(17)9-11/h7-10,12,15,19H,2-6,18H2,1H3. The molecule has 1 aliphatic rings. The molecule has 1 aliphatic carbocycles. The van der Waals surface area contributed by atoms with E-state index < -0.39 is 0 Å². The molecule has 2 rings (SSSR count). The Labute approximate surface area is 123 Å². The lowest BCUT2D eigenvalue weighted by Gasteiger charge is -2.36. The highest BCUT2D eigenvalue weighted by Gasteiger charge is 2.31. The van der Waals surface area contributed by atoms with Crippen LogP contribution in [0.15, 0.2) is 22.7 Å². The van der Waals surface area contributed by atoms with Crippen molar-refractivity contribution in [3.05, 3.63) is 34.1 Å². The minimum absolute atomic E-state index is 0.0489. The van der Waals surface area contributed by atoms with E-state index in [0.29, 0.717) is 16.3 Å². The van der Waals surface area contributed by atoms with E-state index in [4.69, 9.17) is 5.84 Å². The van der Waals surface area contributed by atoms with Gasteiger partial charge in [0.05, 0.1) is 4.47 Å². The summed E-state index contributed by atoms with van der Waals surface area (Å²) >= 11 is 3.20. The van der Waals surface area contributed by atoms with E-state index in [2.05, 4.69) is 28.3 Å². The molecule has 0 saturated heterocycles. The summed E-state index contributed by atoms with van der Waals surface area (Å²) in [5.74, 6) is 6.72. The third-order valence-corrected chi connectivity index (χ3v) is 5.05. The molecule has 3 unspecified atom stereocenters. The average Bonchev–Trinajstić information content (AvgIpc) is 2.44. The van der Waals surface area contributed by atoms with E-state index >= 15 is 0 Å². The van der Waals surface area contributed by atoms with Crippen molar-refractivity contribution < 1.29 is 4.39 Å². The van der Waals surface area contributed by atoms with Crippen LogP contribution in [0.5, 0.6) is 0 Å². The monoisotopic (exact) mass is 328 g/mol. The molecule has 1 aromatic carbocycles. The van der Waals surface area contributed by atoms with E-state index in [1.807, 2.05) is 6.07 Å². The lowest BCUT2D eigenvalue weighted by Crippen LogP contribution is -2.38. The highest BCUT2D eigenvalue weighted by atomic mass is 79.9. The van der Waals surface area contributed by atoms with Gasteiger partial charge in [0.1, 0.15) is 5.82 Å². The molecule has 3 N–H and O–H groups in total. The first kappa shape index (κ1) is 14.9. The van der Waals surface area contributed by atoms with Crippen molar-refractivity contribution in [1.82, 2.24) is 5.43 Å². The first-order valence-electron chi connectivity index (χ1n) is 7.08. The van der Waals surface area contributed by atoms with Crippen molar-refractivity contribution in [2.75, 3.05) is 0 Å². The third-order valence-electron chi connectivity index (χ3n) is 4.40. The number of benzene rings is 1. The van der Waals surface area contributed by atoms with Crippen molar-refractivity contribution in [2.24, 2.45) is 17.7 Å². The molecule has 1 fully saturated rings. The second kappa shape index (κ2) is 6.82. The Morgan fingerprint density at radius 1 is 1.42 bits per heavy atom. The zero-order chi connectivity index (χ0) is 13.8. The summed E-state index contributed by atoms with van der Waals surface area (Å²) in [6, 6.07) is 5.36. The number of hydrazine groups is 1. The summed E-state index contributed by atoms with van der Waals surface area (Å²) in [5.41, 5.74) is 3.87. The Hall–Kier alpha value is -0.450. The first-order chi connectivity index (χ1) is 9.17. The average molecular weight is 329 g/mol. The molecular formula is C15H22BrFN2. The Balaban J connectivity index is 2.24. The van der Waals surface area contributed by atoms with Gasteiger partial charge < -0.3 is 0 Å². The van der Waals surface area contributed by atoms with Crippen LogP contribution in [0.3, 0.4) is 0 Å². The molecule has 106 valence electrons. The molecular weight excluding hydrogens is 307 g/mol. The number of nitrogens with one attached hydrogen (secondary N) is 1. The smallest absolute Gasteiger partial charge is 0.137 e. The van der Waals surface area contributed by atoms with Gasteiger partial charge in [0.25, 0.3) is 0 Å². The van der Waals surface area contributed by atoms with Gasteiger partial charge in [0.15, 0.2) is 0 Å². The molecule has 0 radical (unpaired) electrons. The molecule has 0 bridgehead atoms. The Morgan fingerprint density at radius 3 is 2.79 bits per heavy atom.